The summed E-state index contributed by atoms with van der Waals surface area (Å²) in [5.74, 6) is -0.753. The van der Waals surface area contributed by atoms with E-state index < -0.39 is 0 Å². The molecule has 0 fully saturated rings. The summed E-state index contributed by atoms with van der Waals surface area (Å²) in [6.07, 6.45) is 1.03. The van der Waals surface area contributed by atoms with E-state index >= 15 is 0 Å². The first-order valence-electron chi connectivity index (χ1n) is 7.73. The van der Waals surface area contributed by atoms with Crippen molar-refractivity contribution in [3.05, 3.63) is 35.6 Å². The number of benzene rings is 1. The van der Waals surface area contributed by atoms with Gasteiger partial charge in [0.1, 0.15) is 5.82 Å². The van der Waals surface area contributed by atoms with Gasteiger partial charge >= 0.3 is 5.97 Å². The molecule has 0 atom stereocenters. The van der Waals surface area contributed by atoms with Crippen molar-refractivity contribution in [2.45, 2.75) is 26.2 Å². The highest BCUT2D eigenvalue weighted by Gasteiger charge is 2.16. The third-order valence-corrected chi connectivity index (χ3v) is 3.29. The van der Waals surface area contributed by atoms with Crippen LogP contribution < -0.4 is 0 Å². The van der Waals surface area contributed by atoms with Crippen molar-refractivity contribution >= 4 is 11.9 Å². The molecule has 1 amide bonds. The third kappa shape index (κ3) is 7.74. The summed E-state index contributed by atoms with van der Waals surface area (Å²) in [7, 11) is 1.60. The predicted molar refractivity (Wildman–Crippen MR) is 84.4 cm³/mol. The van der Waals surface area contributed by atoms with E-state index in [0.29, 0.717) is 32.7 Å². The first-order valence-corrected chi connectivity index (χ1v) is 7.73. The molecule has 1 aromatic carbocycles. The highest BCUT2D eigenvalue weighted by molar-refractivity contribution is 5.79. The molecule has 0 saturated carbocycles. The van der Waals surface area contributed by atoms with Crippen molar-refractivity contribution < 1.29 is 23.5 Å². The summed E-state index contributed by atoms with van der Waals surface area (Å²) in [5.41, 5.74) is 0.740. The SMILES string of the molecule is CCOC(=O)CCN(CCCOC)C(=O)Cc1ccc(F)cc1. The van der Waals surface area contributed by atoms with Gasteiger partial charge in [-0.15, -0.1) is 0 Å². The summed E-state index contributed by atoms with van der Waals surface area (Å²) in [6, 6.07) is 5.84. The molecule has 0 N–H and O–H groups in total. The molecule has 1 aromatic rings. The number of esters is 1. The zero-order valence-corrected chi connectivity index (χ0v) is 13.7. The summed E-state index contributed by atoms with van der Waals surface area (Å²) in [6.45, 7) is 3.43. The standard InChI is InChI=1S/C17H24FNO4/c1-3-23-17(21)9-11-19(10-4-12-22-2)16(20)13-14-5-7-15(18)8-6-14/h5-8H,3-4,9-13H2,1-2H3. The van der Waals surface area contributed by atoms with Crippen LogP contribution in [0.25, 0.3) is 0 Å². The molecule has 0 aromatic heterocycles. The number of hydrogen-bond donors (Lipinski definition) is 0. The van der Waals surface area contributed by atoms with Crippen molar-refractivity contribution in [3.8, 4) is 0 Å². The Morgan fingerprint density at radius 3 is 2.48 bits per heavy atom. The lowest BCUT2D eigenvalue weighted by Gasteiger charge is -2.22. The molecule has 5 nitrogen and oxygen atoms in total. The average Bonchev–Trinajstić information content (AvgIpc) is 2.53. The molecule has 1 rings (SSSR count). The molecule has 0 heterocycles. The minimum atomic E-state index is -0.333. The second kappa shape index (κ2) is 10.7. The van der Waals surface area contributed by atoms with Crippen LogP contribution in [0.3, 0.4) is 0 Å². The Hall–Kier alpha value is -1.95. The minimum absolute atomic E-state index is 0.1000. The Balaban J connectivity index is 2.59. The normalized spacial score (nSPS) is 10.4. The van der Waals surface area contributed by atoms with Crippen LogP contribution in [-0.2, 0) is 25.5 Å². The van der Waals surface area contributed by atoms with Crippen molar-refractivity contribution in [1.82, 2.24) is 4.90 Å². The summed E-state index contributed by atoms with van der Waals surface area (Å²) in [4.78, 5) is 25.5. The third-order valence-electron chi connectivity index (χ3n) is 3.29. The van der Waals surface area contributed by atoms with Crippen LogP contribution in [0.2, 0.25) is 0 Å². The van der Waals surface area contributed by atoms with Gasteiger partial charge in [-0.25, -0.2) is 4.39 Å². The van der Waals surface area contributed by atoms with Crippen molar-refractivity contribution in [1.29, 1.82) is 0 Å². The number of rotatable bonds is 10. The lowest BCUT2D eigenvalue weighted by Crippen LogP contribution is -2.35. The molecule has 0 spiro atoms. The van der Waals surface area contributed by atoms with E-state index in [-0.39, 0.29) is 30.5 Å². The fourth-order valence-corrected chi connectivity index (χ4v) is 2.11. The number of halogens is 1. The zero-order chi connectivity index (χ0) is 17.1. The van der Waals surface area contributed by atoms with Gasteiger partial charge in [-0.1, -0.05) is 12.1 Å². The maximum Gasteiger partial charge on any atom is 0.307 e. The van der Waals surface area contributed by atoms with E-state index in [2.05, 4.69) is 0 Å². The van der Waals surface area contributed by atoms with E-state index in [1.807, 2.05) is 0 Å². The van der Waals surface area contributed by atoms with Gasteiger partial charge in [0, 0.05) is 26.8 Å². The molecule has 0 aliphatic rings. The zero-order valence-electron chi connectivity index (χ0n) is 13.7. The van der Waals surface area contributed by atoms with Crippen molar-refractivity contribution in [3.63, 3.8) is 0 Å². The van der Waals surface area contributed by atoms with Gasteiger partial charge in [0.25, 0.3) is 0 Å². The van der Waals surface area contributed by atoms with Gasteiger partial charge in [-0.05, 0) is 31.0 Å². The van der Waals surface area contributed by atoms with Gasteiger partial charge in [-0.3, -0.25) is 9.59 Å². The van der Waals surface area contributed by atoms with Crippen LogP contribution in [-0.4, -0.2) is 50.2 Å². The Morgan fingerprint density at radius 2 is 1.87 bits per heavy atom. The van der Waals surface area contributed by atoms with E-state index in [9.17, 15) is 14.0 Å². The summed E-state index contributed by atoms with van der Waals surface area (Å²) < 4.78 is 22.8. The lowest BCUT2D eigenvalue weighted by atomic mass is 10.1. The number of carbonyl (C=O) groups is 2. The fourth-order valence-electron chi connectivity index (χ4n) is 2.11. The Kier molecular flexibility index (Phi) is 8.90. The molecule has 23 heavy (non-hydrogen) atoms. The number of amides is 1. The largest absolute Gasteiger partial charge is 0.466 e. The molecular formula is C17H24FNO4. The van der Waals surface area contributed by atoms with E-state index in [1.54, 1.807) is 31.1 Å². The highest BCUT2D eigenvalue weighted by Crippen LogP contribution is 2.07. The number of nitrogens with zero attached hydrogens (tertiary/aromatic N) is 1. The van der Waals surface area contributed by atoms with Gasteiger partial charge in [0.05, 0.1) is 19.4 Å². The Labute approximate surface area is 136 Å². The first kappa shape index (κ1) is 19.1. The van der Waals surface area contributed by atoms with Crippen molar-refractivity contribution in [2.75, 3.05) is 33.4 Å². The van der Waals surface area contributed by atoms with E-state index in [4.69, 9.17) is 9.47 Å². The molecule has 6 heteroatoms. The molecule has 0 aliphatic carbocycles. The van der Waals surface area contributed by atoms with Crippen LogP contribution >= 0.6 is 0 Å². The summed E-state index contributed by atoms with van der Waals surface area (Å²) in [5, 5.41) is 0. The number of carbonyl (C=O) groups excluding carboxylic acids is 2. The van der Waals surface area contributed by atoms with Gasteiger partial charge in [-0.2, -0.15) is 0 Å². The average molecular weight is 325 g/mol. The van der Waals surface area contributed by atoms with E-state index in [1.165, 1.54) is 12.1 Å². The lowest BCUT2D eigenvalue weighted by molar-refractivity contribution is -0.144. The van der Waals surface area contributed by atoms with Crippen LogP contribution in [0.15, 0.2) is 24.3 Å². The monoisotopic (exact) mass is 325 g/mol. The highest BCUT2D eigenvalue weighted by atomic mass is 19.1. The topological polar surface area (TPSA) is 55.8 Å². The second-order valence-corrected chi connectivity index (χ2v) is 5.09. The maximum absolute atomic E-state index is 12.9. The first-order chi connectivity index (χ1) is 11.1. The molecular weight excluding hydrogens is 301 g/mol. The molecule has 128 valence electrons. The van der Waals surface area contributed by atoms with Crippen LogP contribution in [0.4, 0.5) is 4.39 Å². The minimum Gasteiger partial charge on any atom is -0.466 e. The number of ether oxygens (including phenoxy) is 2. The molecule has 0 radical (unpaired) electrons. The van der Waals surface area contributed by atoms with Gasteiger partial charge < -0.3 is 14.4 Å². The molecule has 0 saturated heterocycles. The Bertz CT molecular complexity index is 490. The van der Waals surface area contributed by atoms with Crippen molar-refractivity contribution in [2.24, 2.45) is 0 Å². The number of hydrogen-bond acceptors (Lipinski definition) is 4. The van der Waals surface area contributed by atoms with E-state index in [0.717, 1.165) is 5.56 Å². The molecule has 0 aliphatic heterocycles. The maximum atomic E-state index is 12.9. The molecule has 0 bridgehead atoms. The summed E-state index contributed by atoms with van der Waals surface area (Å²) >= 11 is 0. The van der Waals surface area contributed by atoms with Crippen LogP contribution in [0.5, 0.6) is 0 Å². The predicted octanol–water partition coefficient (Wildman–Crippen LogP) is 2.19. The smallest absolute Gasteiger partial charge is 0.307 e. The van der Waals surface area contributed by atoms with Crippen LogP contribution in [0, 0.1) is 5.82 Å². The Morgan fingerprint density at radius 1 is 1.17 bits per heavy atom. The second-order valence-electron chi connectivity index (χ2n) is 5.09. The van der Waals surface area contributed by atoms with Gasteiger partial charge in [0.2, 0.25) is 5.91 Å². The van der Waals surface area contributed by atoms with Crippen LogP contribution in [0.1, 0.15) is 25.3 Å². The quantitative estimate of drug-likeness (QED) is 0.489. The fraction of sp³-hybridized carbons (Fsp3) is 0.529. The molecule has 0 unspecified atom stereocenters. The number of methoxy groups -OCH3 is 1. The van der Waals surface area contributed by atoms with Gasteiger partial charge in [0.15, 0.2) is 0 Å².